The topological polar surface area (TPSA) is 197 Å². The van der Waals surface area contributed by atoms with E-state index in [1.807, 2.05) is 52.8 Å². The third-order valence-electron chi connectivity index (χ3n) is 10.9. The number of ether oxygens (including phenoxy) is 1. The number of tetrazole rings is 2. The van der Waals surface area contributed by atoms with E-state index in [9.17, 15) is 9.18 Å². The molecule has 6 aromatic heterocycles. The fourth-order valence-corrected chi connectivity index (χ4v) is 8.78. The Morgan fingerprint density at radius 3 is 2.26 bits per heavy atom. The smallest absolute Gasteiger partial charge is 0.256 e. The molecule has 1 N–H and O–H groups in total. The van der Waals surface area contributed by atoms with Crippen molar-refractivity contribution >= 4 is 65.3 Å². The van der Waals surface area contributed by atoms with E-state index in [4.69, 9.17) is 35.7 Å². The number of hydrogen-bond donors (Lipinski definition) is 1. The van der Waals surface area contributed by atoms with Crippen molar-refractivity contribution in [1.82, 2.24) is 69.7 Å². The summed E-state index contributed by atoms with van der Waals surface area (Å²) in [5.41, 5.74) is 3.29. The van der Waals surface area contributed by atoms with Crippen molar-refractivity contribution in [2.45, 2.75) is 58.8 Å². The molecule has 0 saturated carbocycles. The largest absolute Gasteiger partial charge is 0.411 e. The highest BCUT2D eigenvalue weighted by atomic mass is 35.5. The molecule has 0 bridgehead atoms. The summed E-state index contributed by atoms with van der Waals surface area (Å²) >= 11 is 8.85. The minimum Gasteiger partial charge on any atom is -0.411 e. The Balaban J connectivity index is 0.000000197. The van der Waals surface area contributed by atoms with Gasteiger partial charge in [-0.25, -0.2) is 33.7 Å². The Labute approximate surface area is 389 Å². The fraction of sp³-hybridized carbons (Fsp3) is 0.390. The molecule has 1 amide bonds. The number of carbonyl (C=O) groups is 1. The van der Waals surface area contributed by atoms with Crippen LogP contribution in [0.1, 0.15) is 42.5 Å². The minimum absolute atomic E-state index is 0.00416. The number of aryl methyl sites for hydroxylation is 2. The number of piperazine rings is 1. The number of amides is 1. The summed E-state index contributed by atoms with van der Waals surface area (Å²) in [6.07, 6.45) is 3.66. The van der Waals surface area contributed by atoms with E-state index in [0.29, 0.717) is 69.3 Å². The van der Waals surface area contributed by atoms with Gasteiger partial charge in [-0.1, -0.05) is 38.4 Å². The quantitative estimate of drug-likeness (QED) is 0.120. The molecule has 19 nitrogen and oxygen atoms in total. The Bertz CT molecular complexity index is 2780. The molecule has 24 heteroatoms. The Morgan fingerprint density at radius 1 is 0.938 bits per heavy atom. The van der Waals surface area contributed by atoms with E-state index < -0.39 is 14.1 Å². The predicted octanol–water partition coefficient (Wildman–Crippen LogP) is 6.72. The van der Waals surface area contributed by atoms with Gasteiger partial charge in [0, 0.05) is 88.2 Å². The third kappa shape index (κ3) is 11.8. The van der Waals surface area contributed by atoms with Crippen LogP contribution in [0.25, 0.3) is 22.8 Å². The maximum Gasteiger partial charge on any atom is 0.256 e. The summed E-state index contributed by atoms with van der Waals surface area (Å²) in [5, 5.41) is 31.5. The average Bonchev–Trinajstić information content (AvgIpc) is 4.12. The Morgan fingerprint density at radius 2 is 1.63 bits per heavy atom. The van der Waals surface area contributed by atoms with E-state index in [1.54, 1.807) is 40.7 Å². The summed E-state index contributed by atoms with van der Waals surface area (Å²) in [6.45, 7) is 14.7. The molecule has 0 spiro atoms. The van der Waals surface area contributed by atoms with Crippen molar-refractivity contribution < 1.29 is 18.3 Å². The van der Waals surface area contributed by atoms with Crippen LogP contribution >= 0.6 is 34.3 Å². The number of benzene rings is 1. The first-order valence-corrected chi connectivity index (χ1v) is 25.5. The van der Waals surface area contributed by atoms with Crippen LogP contribution < -0.4 is 10.1 Å². The molecule has 1 fully saturated rings. The van der Waals surface area contributed by atoms with Crippen molar-refractivity contribution in [2.24, 2.45) is 19.1 Å². The van der Waals surface area contributed by atoms with E-state index >= 15 is 0 Å². The van der Waals surface area contributed by atoms with Crippen LogP contribution in [0, 0.1) is 5.82 Å². The molecule has 65 heavy (non-hydrogen) atoms. The van der Waals surface area contributed by atoms with Gasteiger partial charge in [0.25, 0.3) is 5.91 Å². The molecule has 7 aromatic rings. The predicted molar refractivity (Wildman–Crippen MR) is 249 cm³/mol. The highest BCUT2D eigenvalue weighted by molar-refractivity contribution is 7.13. The lowest BCUT2D eigenvalue weighted by Crippen LogP contribution is -2.48. The number of halogens is 2. The number of carbonyl (C=O) groups excluding carboxylic acids is 1. The summed E-state index contributed by atoms with van der Waals surface area (Å²) in [7, 11) is 3.33. The Kier molecular flexibility index (Phi) is 15.0. The van der Waals surface area contributed by atoms with Gasteiger partial charge in [0.05, 0.1) is 28.6 Å². The molecule has 0 aliphatic carbocycles. The zero-order chi connectivity index (χ0) is 46.3. The van der Waals surface area contributed by atoms with E-state index in [-0.39, 0.29) is 21.5 Å². The molecule has 1 aliphatic rings. The number of nitrogens with zero attached hydrogens (tertiary/aromatic N) is 15. The van der Waals surface area contributed by atoms with Gasteiger partial charge in [-0.05, 0) is 75.4 Å². The molecule has 8 rings (SSSR count). The number of methoxy groups -OCH3 is 1. The second kappa shape index (κ2) is 20.6. The lowest BCUT2D eigenvalue weighted by Gasteiger charge is -2.36. The van der Waals surface area contributed by atoms with E-state index in [1.165, 1.54) is 34.8 Å². The highest BCUT2D eigenvalue weighted by Gasteiger charge is 2.37. The monoisotopic (exact) mass is 960 g/mol. The van der Waals surface area contributed by atoms with Gasteiger partial charge in [0.15, 0.2) is 41.5 Å². The number of aromatic nitrogens is 12. The van der Waals surface area contributed by atoms with Crippen LogP contribution in [0.2, 0.25) is 23.2 Å². The van der Waals surface area contributed by atoms with Gasteiger partial charge in [-0.2, -0.15) is 0 Å². The molecule has 0 radical (unpaired) electrons. The van der Waals surface area contributed by atoms with Gasteiger partial charge in [0.1, 0.15) is 12.5 Å². The number of nitrogens with one attached hydrogen (secondary N) is 1. The van der Waals surface area contributed by atoms with Gasteiger partial charge in [-0.15, -0.1) is 32.9 Å². The fourth-order valence-electron chi connectivity index (χ4n) is 6.41. The van der Waals surface area contributed by atoms with Crippen LogP contribution in [-0.2, 0) is 43.1 Å². The maximum absolute atomic E-state index is 14.3. The van der Waals surface area contributed by atoms with Crippen molar-refractivity contribution in [3.05, 3.63) is 98.2 Å². The lowest BCUT2D eigenvalue weighted by molar-refractivity contribution is 0.0622. The molecule has 1 aliphatic heterocycles. The standard InChI is InChI=1S/C22H21ClFN9OS.C19H29N7O2SSi/c1-31-20(28-29-30-31)14-11-15(26-18(12-14)27-22-25-5-10-35-22)13-32-6-8-33(9-7-32)21(34)16-3-2-4-17(23)19(16)24;1-19(2,3)30(6,7)28-12-15-10-14(17-22-23-24-25(17)4)11-16(20-15)21-18-26(13-27-5)8-9-29-18/h2-5,10-12H,6-9,13H2,1H3,(H,25,26,27);8-11H,12-13H2,1-7H3. The molecule has 1 saturated heterocycles. The third-order valence-corrected chi connectivity index (χ3v) is 17.2. The van der Waals surface area contributed by atoms with Gasteiger partial charge < -0.3 is 19.4 Å². The normalized spacial score (nSPS) is 13.8. The minimum atomic E-state index is -1.92. The van der Waals surface area contributed by atoms with Gasteiger partial charge in [0.2, 0.25) is 0 Å². The number of hydrogen-bond acceptors (Lipinski definition) is 17. The van der Waals surface area contributed by atoms with Crippen molar-refractivity contribution in [3.8, 4) is 22.8 Å². The first kappa shape index (κ1) is 47.3. The highest BCUT2D eigenvalue weighted by Crippen LogP contribution is 2.37. The maximum atomic E-state index is 14.3. The Hall–Kier alpha value is -5.69. The molecule has 7 heterocycles. The molecule has 1 aromatic carbocycles. The van der Waals surface area contributed by atoms with Crippen LogP contribution in [0.15, 0.2) is 70.6 Å². The van der Waals surface area contributed by atoms with E-state index in [0.717, 1.165) is 32.4 Å². The SMILES string of the molecule is COCn1ccsc1=Nc1cc(-c2nnnn2C)cc(CO[Si](C)(C)C(C)(C)C)n1.Cn1nnnc1-c1cc(CN2CCN(C(=O)c3cccc(Cl)c3F)CC2)nc(Nc2nccs2)c1. The van der Waals surface area contributed by atoms with Crippen LogP contribution in [0.4, 0.5) is 21.2 Å². The zero-order valence-corrected chi connectivity index (χ0v) is 40.7. The van der Waals surface area contributed by atoms with Crippen LogP contribution in [0.3, 0.4) is 0 Å². The van der Waals surface area contributed by atoms with Crippen molar-refractivity contribution in [1.29, 1.82) is 0 Å². The second-order valence-corrected chi connectivity index (χ2v) is 23.5. The molecular formula is C41H50ClFN16O3S2Si. The van der Waals surface area contributed by atoms with Gasteiger partial charge in [-0.3, -0.25) is 14.3 Å². The molecular weight excluding hydrogens is 911 g/mol. The van der Waals surface area contributed by atoms with Gasteiger partial charge >= 0.3 is 0 Å². The van der Waals surface area contributed by atoms with E-state index in [2.05, 4.69) is 80.1 Å². The number of rotatable bonds is 13. The first-order chi connectivity index (χ1) is 31.1. The summed E-state index contributed by atoms with van der Waals surface area (Å²) in [5.74, 6) is 1.46. The van der Waals surface area contributed by atoms with Crippen LogP contribution in [-0.4, -0.2) is 117 Å². The molecule has 0 atom stereocenters. The number of anilines is 2. The molecule has 0 unspecified atom stereocenters. The van der Waals surface area contributed by atoms with Crippen molar-refractivity contribution in [2.75, 3.05) is 38.6 Å². The van der Waals surface area contributed by atoms with Crippen LogP contribution in [0.5, 0.6) is 0 Å². The zero-order valence-electron chi connectivity index (χ0n) is 37.3. The van der Waals surface area contributed by atoms with Crippen molar-refractivity contribution in [3.63, 3.8) is 0 Å². The lowest BCUT2D eigenvalue weighted by atomic mass is 10.1. The summed E-state index contributed by atoms with van der Waals surface area (Å²) in [6, 6.07) is 12.2. The molecule has 342 valence electrons. The first-order valence-electron chi connectivity index (χ1n) is 20.5. The summed E-state index contributed by atoms with van der Waals surface area (Å²) < 4.78 is 31.1. The second-order valence-electron chi connectivity index (χ2n) is 16.6. The number of pyridine rings is 2. The average molecular weight is 962 g/mol. The summed E-state index contributed by atoms with van der Waals surface area (Å²) in [4.78, 5) is 36.0. The number of thiazole rings is 2.